The molecule has 66 valence electrons. The molecule has 0 aliphatic carbocycles. The topological polar surface area (TPSA) is 69.9 Å². The lowest BCUT2D eigenvalue weighted by atomic mass is 9.95. The van der Waals surface area contributed by atoms with Gasteiger partial charge in [0.15, 0.2) is 0 Å². The van der Waals surface area contributed by atoms with Crippen LogP contribution in [0.4, 0.5) is 0 Å². The van der Waals surface area contributed by atoms with E-state index in [2.05, 4.69) is 0 Å². The molecule has 0 amide bonds. The number of aliphatic hydroxyl groups excluding tert-OH is 3. The van der Waals surface area contributed by atoms with Crippen molar-refractivity contribution >= 4 is 7.85 Å². The first kappa shape index (κ1) is 10.9. The zero-order valence-corrected chi connectivity index (χ0v) is 6.90. The van der Waals surface area contributed by atoms with Crippen LogP contribution in [0.25, 0.3) is 0 Å². The first-order chi connectivity index (χ1) is 5.11. The predicted molar refractivity (Wildman–Crippen MR) is 43.1 cm³/mol. The van der Waals surface area contributed by atoms with Gasteiger partial charge in [0.05, 0.1) is 19.3 Å². The van der Waals surface area contributed by atoms with E-state index in [9.17, 15) is 0 Å². The maximum atomic E-state index is 8.97. The van der Waals surface area contributed by atoms with Crippen LogP contribution >= 0.6 is 0 Å². The molecular weight excluding hydrogens is 147 g/mol. The van der Waals surface area contributed by atoms with Crippen LogP contribution in [-0.2, 0) is 4.74 Å². The third-order valence-electron chi connectivity index (χ3n) is 1.49. The van der Waals surface area contributed by atoms with Crippen molar-refractivity contribution in [2.24, 2.45) is 0 Å². The molecule has 0 aliphatic rings. The van der Waals surface area contributed by atoms with E-state index in [1.165, 1.54) is 0 Å². The Labute approximate surface area is 67.2 Å². The molecule has 4 nitrogen and oxygen atoms in total. The Morgan fingerprint density at radius 3 is 2.09 bits per heavy atom. The molecule has 0 saturated carbocycles. The summed E-state index contributed by atoms with van der Waals surface area (Å²) in [5.74, 6) is 0. The largest absolute Gasteiger partial charge is 0.394 e. The fourth-order valence-corrected chi connectivity index (χ4v) is 0.561. The van der Waals surface area contributed by atoms with E-state index in [-0.39, 0.29) is 19.2 Å². The number of rotatable bonds is 5. The summed E-state index contributed by atoms with van der Waals surface area (Å²) in [6.45, 7) is 1.14. The van der Waals surface area contributed by atoms with Crippen LogP contribution in [0.1, 0.15) is 6.92 Å². The minimum absolute atomic E-state index is 0.229. The molecule has 0 unspecified atom stereocenters. The van der Waals surface area contributed by atoms with Crippen LogP contribution < -0.4 is 0 Å². The van der Waals surface area contributed by atoms with Gasteiger partial charge in [0.2, 0.25) is 0 Å². The van der Waals surface area contributed by atoms with E-state index in [0.717, 1.165) is 0 Å². The minimum atomic E-state index is -0.587. The fourth-order valence-electron chi connectivity index (χ4n) is 0.561. The maximum Gasteiger partial charge on any atom is 0.142 e. The summed E-state index contributed by atoms with van der Waals surface area (Å²) in [7, 11) is 1.68. The van der Waals surface area contributed by atoms with Gasteiger partial charge in [-0.25, -0.2) is 0 Å². The van der Waals surface area contributed by atoms with Crippen LogP contribution in [0.15, 0.2) is 0 Å². The monoisotopic (exact) mass is 162 g/mol. The lowest BCUT2D eigenvalue weighted by Gasteiger charge is -2.21. The molecule has 0 bridgehead atoms. The molecule has 11 heavy (non-hydrogen) atoms. The highest BCUT2D eigenvalue weighted by atomic mass is 16.5. The number of hydrogen-bond donors (Lipinski definition) is 3. The van der Waals surface area contributed by atoms with E-state index in [4.69, 9.17) is 20.1 Å². The number of aliphatic hydroxyl groups is 3. The van der Waals surface area contributed by atoms with Crippen molar-refractivity contribution < 1.29 is 20.1 Å². The van der Waals surface area contributed by atoms with Crippen LogP contribution in [0.2, 0.25) is 0 Å². The molecule has 0 saturated heterocycles. The summed E-state index contributed by atoms with van der Waals surface area (Å²) < 4.78 is 5.06. The van der Waals surface area contributed by atoms with Crippen molar-refractivity contribution in [2.45, 2.75) is 25.1 Å². The summed E-state index contributed by atoms with van der Waals surface area (Å²) in [5, 5.41) is 26.2. The van der Waals surface area contributed by atoms with Gasteiger partial charge in [-0.3, -0.25) is 0 Å². The second-order valence-corrected chi connectivity index (χ2v) is 2.57. The van der Waals surface area contributed by atoms with E-state index >= 15 is 0 Å². The minimum Gasteiger partial charge on any atom is -0.394 e. The molecule has 0 aliphatic heterocycles. The highest BCUT2D eigenvalue weighted by Crippen LogP contribution is 1.98. The zero-order chi connectivity index (χ0) is 8.85. The molecule has 3 N–H and O–H groups in total. The van der Waals surface area contributed by atoms with Crippen molar-refractivity contribution in [3.05, 3.63) is 0 Å². The number of ether oxygens (including phenoxy) is 1. The van der Waals surface area contributed by atoms with Gasteiger partial charge in [-0.2, -0.15) is 0 Å². The summed E-state index contributed by atoms with van der Waals surface area (Å²) >= 11 is 0. The molecule has 0 spiro atoms. The Hall–Kier alpha value is -0.0951. The summed E-state index contributed by atoms with van der Waals surface area (Å²) in [4.78, 5) is 0. The Balaban J connectivity index is 3.62. The SMILES string of the molecule is B[C@H](OC(CO)CO)[C@H](C)O. The Bertz CT molecular complexity index is 94.6. The summed E-state index contributed by atoms with van der Waals surface area (Å²) in [5.41, 5.74) is 0. The summed E-state index contributed by atoms with van der Waals surface area (Å²) in [6.07, 6.45) is -1.17. The molecule has 0 fully saturated rings. The van der Waals surface area contributed by atoms with Crippen molar-refractivity contribution in [2.75, 3.05) is 13.2 Å². The van der Waals surface area contributed by atoms with Crippen LogP contribution in [0.5, 0.6) is 0 Å². The molecule has 0 radical (unpaired) electrons. The van der Waals surface area contributed by atoms with E-state index in [0.29, 0.717) is 0 Å². The van der Waals surface area contributed by atoms with Crippen LogP contribution in [0, 0.1) is 0 Å². The second-order valence-electron chi connectivity index (χ2n) is 2.57. The lowest BCUT2D eigenvalue weighted by molar-refractivity contribution is -0.0685. The van der Waals surface area contributed by atoms with Gasteiger partial charge in [-0.05, 0) is 6.92 Å². The molecule has 2 atom stereocenters. The van der Waals surface area contributed by atoms with Crippen LogP contribution in [-0.4, -0.2) is 54.6 Å². The van der Waals surface area contributed by atoms with E-state index < -0.39 is 12.2 Å². The van der Waals surface area contributed by atoms with E-state index in [1.54, 1.807) is 14.8 Å². The normalized spacial score (nSPS) is 16.8. The smallest absolute Gasteiger partial charge is 0.142 e. The van der Waals surface area contributed by atoms with Crippen molar-refractivity contribution in [3.63, 3.8) is 0 Å². The van der Waals surface area contributed by atoms with Gasteiger partial charge >= 0.3 is 0 Å². The highest BCUT2D eigenvalue weighted by Gasteiger charge is 2.14. The second kappa shape index (κ2) is 5.54. The Morgan fingerprint density at radius 2 is 1.82 bits per heavy atom. The average molecular weight is 162 g/mol. The molecule has 0 heterocycles. The maximum absolute atomic E-state index is 8.97. The van der Waals surface area contributed by atoms with Gasteiger partial charge in [-0.15, -0.1) is 0 Å². The van der Waals surface area contributed by atoms with Crippen molar-refractivity contribution in [1.29, 1.82) is 0 Å². The Morgan fingerprint density at radius 1 is 1.36 bits per heavy atom. The van der Waals surface area contributed by atoms with Gasteiger partial charge in [0.1, 0.15) is 14.0 Å². The quantitative estimate of drug-likeness (QED) is 0.397. The zero-order valence-electron chi connectivity index (χ0n) is 6.90. The third kappa shape index (κ3) is 4.37. The first-order valence-corrected chi connectivity index (χ1v) is 3.67. The van der Waals surface area contributed by atoms with Gasteiger partial charge in [-0.1, -0.05) is 0 Å². The van der Waals surface area contributed by atoms with Gasteiger partial charge in [0.25, 0.3) is 0 Å². The first-order valence-electron chi connectivity index (χ1n) is 3.67. The number of hydrogen-bond acceptors (Lipinski definition) is 4. The third-order valence-corrected chi connectivity index (χ3v) is 1.49. The van der Waals surface area contributed by atoms with Crippen LogP contribution in [0.3, 0.4) is 0 Å². The average Bonchev–Trinajstić information content (AvgIpc) is 1.99. The summed E-state index contributed by atoms with van der Waals surface area (Å²) in [6, 6.07) is -0.362. The van der Waals surface area contributed by atoms with Crippen molar-refractivity contribution in [3.8, 4) is 0 Å². The molecule has 5 heteroatoms. The molecule has 0 aromatic heterocycles. The standard InChI is InChI=1S/C6H15BO4/c1-4(10)6(7)11-5(2-8)3-9/h4-6,8-10H,2-3,7H2,1H3/t4-,6+/m0/s1. The fraction of sp³-hybridized carbons (Fsp3) is 1.00. The molecular formula is C6H15BO4. The molecule has 0 aromatic rings. The van der Waals surface area contributed by atoms with Gasteiger partial charge < -0.3 is 20.1 Å². The van der Waals surface area contributed by atoms with Gasteiger partial charge in [0, 0.05) is 6.00 Å². The molecule has 0 aromatic carbocycles. The highest BCUT2D eigenvalue weighted by molar-refractivity contribution is 6.11. The Kier molecular flexibility index (Phi) is 5.49. The van der Waals surface area contributed by atoms with E-state index in [1.807, 2.05) is 0 Å². The predicted octanol–water partition coefficient (Wildman–Crippen LogP) is -2.30. The molecule has 0 rings (SSSR count). The lowest BCUT2D eigenvalue weighted by Crippen LogP contribution is -2.34. The van der Waals surface area contributed by atoms with Crippen molar-refractivity contribution in [1.82, 2.24) is 0 Å².